The molecule has 1 aliphatic carbocycles. The van der Waals surface area contributed by atoms with Crippen molar-refractivity contribution >= 4 is 0 Å². The lowest BCUT2D eigenvalue weighted by Gasteiger charge is -2.32. The molecule has 1 fully saturated rings. The number of aliphatic hydroxyl groups excluding tert-OH is 1. The maximum absolute atomic E-state index is 9.00. The highest BCUT2D eigenvalue weighted by Crippen LogP contribution is 2.29. The topological polar surface area (TPSA) is 32.3 Å². The first-order valence-corrected chi connectivity index (χ1v) is 7.11. The van der Waals surface area contributed by atoms with E-state index in [2.05, 4.69) is 31.3 Å². The van der Waals surface area contributed by atoms with Crippen molar-refractivity contribution in [2.75, 3.05) is 0 Å². The zero-order chi connectivity index (χ0) is 13.0. The molecule has 3 atom stereocenters. The van der Waals surface area contributed by atoms with Gasteiger partial charge in [0, 0.05) is 12.6 Å². The van der Waals surface area contributed by atoms with Crippen LogP contribution in [0.15, 0.2) is 24.3 Å². The van der Waals surface area contributed by atoms with Gasteiger partial charge in [-0.25, -0.2) is 0 Å². The molecule has 0 aromatic heterocycles. The summed E-state index contributed by atoms with van der Waals surface area (Å²) in [5, 5.41) is 12.7. The van der Waals surface area contributed by atoms with Gasteiger partial charge < -0.3 is 10.4 Å². The second-order valence-electron chi connectivity index (χ2n) is 5.82. The van der Waals surface area contributed by atoms with Gasteiger partial charge in [-0.15, -0.1) is 0 Å². The second kappa shape index (κ2) is 6.35. The summed E-state index contributed by atoms with van der Waals surface area (Å²) in [6.45, 7) is 5.81. The standard InChI is InChI=1S/C16H25NO/c1-12-3-8-16(9-13(12)2)17-10-14-4-6-15(11-18)7-5-14/h4-7,12-13,16-18H,3,8-11H2,1-2H3. The van der Waals surface area contributed by atoms with Crippen LogP contribution < -0.4 is 5.32 Å². The van der Waals surface area contributed by atoms with E-state index in [1.807, 2.05) is 12.1 Å². The maximum Gasteiger partial charge on any atom is 0.0681 e. The van der Waals surface area contributed by atoms with Gasteiger partial charge in [0.25, 0.3) is 0 Å². The van der Waals surface area contributed by atoms with Gasteiger partial charge in [-0.1, -0.05) is 38.1 Å². The summed E-state index contributed by atoms with van der Waals surface area (Å²) in [5.41, 5.74) is 2.29. The second-order valence-corrected chi connectivity index (χ2v) is 5.82. The van der Waals surface area contributed by atoms with Crippen molar-refractivity contribution in [3.63, 3.8) is 0 Å². The highest BCUT2D eigenvalue weighted by Gasteiger charge is 2.23. The summed E-state index contributed by atoms with van der Waals surface area (Å²) in [6, 6.07) is 8.89. The molecule has 1 saturated carbocycles. The van der Waals surface area contributed by atoms with E-state index < -0.39 is 0 Å². The molecule has 0 spiro atoms. The Kier molecular flexibility index (Phi) is 4.79. The van der Waals surface area contributed by atoms with Crippen molar-refractivity contribution in [1.29, 1.82) is 0 Å². The summed E-state index contributed by atoms with van der Waals surface area (Å²) >= 11 is 0. The third kappa shape index (κ3) is 3.56. The molecule has 0 bridgehead atoms. The van der Waals surface area contributed by atoms with E-state index in [1.165, 1.54) is 24.8 Å². The Balaban J connectivity index is 1.80. The van der Waals surface area contributed by atoms with Gasteiger partial charge in [0.2, 0.25) is 0 Å². The average Bonchev–Trinajstić information content (AvgIpc) is 2.41. The van der Waals surface area contributed by atoms with Crippen LogP contribution in [0.3, 0.4) is 0 Å². The van der Waals surface area contributed by atoms with Crippen molar-refractivity contribution in [2.45, 2.75) is 52.3 Å². The van der Waals surface area contributed by atoms with Gasteiger partial charge in [-0.2, -0.15) is 0 Å². The van der Waals surface area contributed by atoms with Crippen LogP contribution in [0.25, 0.3) is 0 Å². The van der Waals surface area contributed by atoms with Crippen molar-refractivity contribution in [3.05, 3.63) is 35.4 Å². The van der Waals surface area contributed by atoms with Gasteiger partial charge in [0.1, 0.15) is 0 Å². The minimum absolute atomic E-state index is 0.131. The highest BCUT2D eigenvalue weighted by atomic mass is 16.3. The third-order valence-corrected chi connectivity index (χ3v) is 4.40. The van der Waals surface area contributed by atoms with Crippen LogP contribution in [0, 0.1) is 11.8 Å². The van der Waals surface area contributed by atoms with Crippen molar-refractivity contribution in [1.82, 2.24) is 5.32 Å². The van der Waals surface area contributed by atoms with E-state index in [1.54, 1.807) is 0 Å². The molecule has 0 saturated heterocycles. The fraction of sp³-hybridized carbons (Fsp3) is 0.625. The van der Waals surface area contributed by atoms with Crippen LogP contribution >= 0.6 is 0 Å². The Hall–Kier alpha value is -0.860. The van der Waals surface area contributed by atoms with Crippen LogP contribution in [0.4, 0.5) is 0 Å². The molecule has 0 amide bonds. The lowest BCUT2D eigenvalue weighted by atomic mass is 9.79. The SMILES string of the molecule is CC1CCC(NCc2ccc(CO)cc2)CC1C. The molecule has 2 rings (SSSR count). The summed E-state index contributed by atoms with van der Waals surface area (Å²) < 4.78 is 0. The Morgan fingerprint density at radius 1 is 1.06 bits per heavy atom. The molecule has 0 heterocycles. The molecular weight excluding hydrogens is 222 g/mol. The van der Waals surface area contributed by atoms with E-state index in [4.69, 9.17) is 5.11 Å². The van der Waals surface area contributed by atoms with Crippen LogP contribution in [-0.2, 0) is 13.2 Å². The molecule has 2 heteroatoms. The van der Waals surface area contributed by atoms with Crippen LogP contribution in [-0.4, -0.2) is 11.1 Å². The largest absolute Gasteiger partial charge is 0.392 e. The Morgan fingerprint density at radius 2 is 1.72 bits per heavy atom. The first-order valence-electron chi connectivity index (χ1n) is 7.11. The van der Waals surface area contributed by atoms with Gasteiger partial charge in [-0.05, 0) is 42.2 Å². The predicted molar refractivity (Wildman–Crippen MR) is 75.2 cm³/mol. The molecule has 18 heavy (non-hydrogen) atoms. The maximum atomic E-state index is 9.00. The van der Waals surface area contributed by atoms with Crippen molar-refractivity contribution in [2.24, 2.45) is 11.8 Å². The van der Waals surface area contributed by atoms with E-state index in [-0.39, 0.29) is 6.61 Å². The Bertz CT molecular complexity index is 360. The summed E-state index contributed by atoms with van der Waals surface area (Å²) in [7, 11) is 0. The van der Waals surface area contributed by atoms with E-state index >= 15 is 0 Å². The quantitative estimate of drug-likeness (QED) is 0.857. The molecule has 1 aromatic rings. The first kappa shape index (κ1) is 13.6. The average molecular weight is 247 g/mol. The molecule has 2 nitrogen and oxygen atoms in total. The molecular formula is C16H25NO. The zero-order valence-electron chi connectivity index (χ0n) is 11.5. The highest BCUT2D eigenvalue weighted by molar-refractivity contribution is 5.21. The minimum atomic E-state index is 0.131. The van der Waals surface area contributed by atoms with E-state index in [0.717, 1.165) is 23.9 Å². The summed E-state index contributed by atoms with van der Waals surface area (Å²) in [6.07, 6.45) is 3.96. The van der Waals surface area contributed by atoms with Crippen molar-refractivity contribution < 1.29 is 5.11 Å². The van der Waals surface area contributed by atoms with Gasteiger partial charge in [0.05, 0.1) is 6.61 Å². The fourth-order valence-electron chi connectivity index (χ4n) is 2.76. The van der Waals surface area contributed by atoms with Crippen LogP contribution in [0.5, 0.6) is 0 Å². The zero-order valence-corrected chi connectivity index (χ0v) is 11.5. The molecule has 0 aliphatic heterocycles. The van der Waals surface area contributed by atoms with Crippen molar-refractivity contribution in [3.8, 4) is 0 Å². The Morgan fingerprint density at radius 3 is 2.33 bits per heavy atom. The van der Waals surface area contributed by atoms with Gasteiger partial charge >= 0.3 is 0 Å². The van der Waals surface area contributed by atoms with Gasteiger partial charge in [-0.3, -0.25) is 0 Å². The minimum Gasteiger partial charge on any atom is -0.392 e. The molecule has 3 unspecified atom stereocenters. The molecule has 0 radical (unpaired) electrons. The predicted octanol–water partition coefficient (Wildman–Crippen LogP) is 3.09. The number of nitrogens with one attached hydrogen (secondary N) is 1. The van der Waals surface area contributed by atoms with Gasteiger partial charge in [0.15, 0.2) is 0 Å². The van der Waals surface area contributed by atoms with Crippen LogP contribution in [0.2, 0.25) is 0 Å². The molecule has 100 valence electrons. The number of aliphatic hydroxyl groups is 1. The lowest BCUT2D eigenvalue weighted by molar-refractivity contribution is 0.225. The Labute approximate surface area is 110 Å². The normalized spacial score (nSPS) is 28.3. The third-order valence-electron chi connectivity index (χ3n) is 4.40. The molecule has 1 aromatic carbocycles. The number of hydrogen-bond acceptors (Lipinski definition) is 2. The molecule has 2 N–H and O–H groups in total. The summed E-state index contributed by atoms with van der Waals surface area (Å²) in [4.78, 5) is 0. The number of hydrogen-bond donors (Lipinski definition) is 2. The summed E-state index contributed by atoms with van der Waals surface area (Å²) in [5.74, 6) is 1.72. The smallest absolute Gasteiger partial charge is 0.0681 e. The van der Waals surface area contributed by atoms with E-state index in [9.17, 15) is 0 Å². The lowest BCUT2D eigenvalue weighted by Crippen LogP contribution is -2.35. The number of benzene rings is 1. The first-order chi connectivity index (χ1) is 8.69. The monoisotopic (exact) mass is 247 g/mol. The van der Waals surface area contributed by atoms with Crippen LogP contribution in [0.1, 0.15) is 44.2 Å². The molecule has 1 aliphatic rings. The number of rotatable bonds is 4. The fourth-order valence-corrected chi connectivity index (χ4v) is 2.76. The van der Waals surface area contributed by atoms with E-state index in [0.29, 0.717) is 6.04 Å².